The van der Waals surface area contributed by atoms with Crippen LogP contribution in [0.1, 0.15) is 19.4 Å². The van der Waals surface area contributed by atoms with Gasteiger partial charge < -0.3 is 4.90 Å². The topological polar surface area (TPSA) is 75.8 Å². The molecule has 1 aromatic carbocycles. The molecule has 0 radical (unpaired) electrons. The number of nitrogens with zero attached hydrogens (tertiary/aromatic N) is 3. The number of nitroso groups, excluding NO2 is 1. The second-order valence-electron chi connectivity index (χ2n) is 3.60. The summed E-state index contributed by atoms with van der Waals surface area (Å²) < 4.78 is 0. The quantitative estimate of drug-likeness (QED) is 0.448. The van der Waals surface area contributed by atoms with Crippen molar-refractivity contribution in [2.45, 2.75) is 20.8 Å². The minimum absolute atomic E-state index is 0.0363. The van der Waals surface area contributed by atoms with Crippen molar-refractivity contribution < 1.29 is 4.92 Å². The second kappa shape index (κ2) is 5.38. The van der Waals surface area contributed by atoms with Gasteiger partial charge in [-0.1, -0.05) is 0 Å². The van der Waals surface area contributed by atoms with Crippen molar-refractivity contribution in [3.63, 3.8) is 0 Å². The van der Waals surface area contributed by atoms with E-state index in [0.29, 0.717) is 24.3 Å². The van der Waals surface area contributed by atoms with E-state index in [1.807, 2.05) is 18.7 Å². The van der Waals surface area contributed by atoms with Gasteiger partial charge in [-0.3, -0.25) is 10.1 Å². The lowest BCUT2D eigenvalue weighted by molar-refractivity contribution is -0.384. The third kappa shape index (κ3) is 2.41. The summed E-state index contributed by atoms with van der Waals surface area (Å²) in [6.45, 7) is 6.74. The molecule has 6 heteroatoms. The highest BCUT2D eigenvalue weighted by atomic mass is 16.6. The Bertz CT molecular complexity index is 442. The van der Waals surface area contributed by atoms with Crippen LogP contribution < -0.4 is 4.90 Å². The van der Waals surface area contributed by atoms with Gasteiger partial charge in [0, 0.05) is 13.1 Å². The van der Waals surface area contributed by atoms with Gasteiger partial charge in [0.25, 0.3) is 5.69 Å². The molecule has 0 spiro atoms. The molecular weight excluding hydrogens is 222 g/mol. The standard InChI is InChI=1S/C11H15N3O3/c1-4-13(5-2)10-7-6-9(12-15)8(3)11(10)14(16)17/h6-7H,4-5H2,1-3H3. The molecule has 0 saturated carbocycles. The number of hydrogen-bond acceptors (Lipinski definition) is 5. The molecule has 1 rings (SSSR count). The fourth-order valence-electron chi connectivity index (χ4n) is 1.82. The summed E-state index contributed by atoms with van der Waals surface area (Å²) in [5.41, 5.74) is 0.928. The van der Waals surface area contributed by atoms with E-state index in [4.69, 9.17) is 0 Å². The maximum atomic E-state index is 11.1. The predicted molar refractivity (Wildman–Crippen MR) is 66.8 cm³/mol. The van der Waals surface area contributed by atoms with E-state index >= 15 is 0 Å². The van der Waals surface area contributed by atoms with Crippen LogP contribution in [0.15, 0.2) is 17.3 Å². The lowest BCUT2D eigenvalue weighted by atomic mass is 10.1. The molecule has 0 aliphatic rings. The van der Waals surface area contributed by atoms with Gasteiger partial charge in [0.1, 0.15) is 11.4 Å². The fourth-order valence-corrected chi connectivity index (χ4v) is 1.82. The minimum atomic E-state index is -0.461. The van der Waals surface area contributed by atoms with E-state index in [1.165, 1.54) is 6.07 Å². The number of nitro benzene ring substituents is 1. The van der Waals surface area contributed by atoms with Gasteiger partial charge in [0.05, 0.1) is 10.5 Å². The largest absolute Gasteiger partial charge is 0.367 e. The summed E-state index contributed by atoms with van der Waals surface area (Å²) in [4.78, 5) is 23.0. The van der Waals surface area contributed by atoms with Crippen LogP contribution in [-0.4, -0.2) is 18.0 Å². The predicted octanol–water partition coefficient (Wildman–Crippen LogP) is 3.15. The molecule has 0 atom stereocenters. The first kappa shape index (κ1) is 13.1. The van der Waals surface area contributed by atoms with Crippen molar-refractivity contribution in [3.05, 3.63) is 32.7 Å². The van der Waals surface area contributed by atoms with Crippen molar-refractivity contribution >= 4 is 17.1 Å². The summed E-state index contributed by atoms with van der Waals surface area (Å²) in [6.07, 6.45) is 0. The van der Waals surface area contributed by atoms with Crippen molar-refractivity contribution in [1.82, 2.24) is 0 Å². The van der Waals surface area contributed by atoms with Gasteiger partial charge in [-0.15, -0.1) is 4.91 Å². The summed E-state index contributed by atoms with van der Waals surface area (Å²) in [7, 11) is 0. The molecule has 0 unspecified atom stereocenters. The van der Waals surface area contributed by atoms with Crippen LogP contribution in [-0.2, 0) is 0 Å². The van der Waals surface area contributed by atoms with Gasteiger partial charge in [-0.05, 0) is 38.1 Å². The monoisotopic (exact) mass is 237 g/mol. The maximum absolute atomic E-state index is 11.1. The molecule has 0 aliphatic heterocycles. The summed E-state index contributed by atoms with van der Waals surface area (Å²) in [5.74, 6) is 0. The van der Waals surface area contributed by atoms with Gasteiger partial charge in [0.15, 0.2) is 0 Å². The Hall–Kier alpha value is -1.98. The number of anilines is 1. The van der Waals surface area contributed by atoms with E-state index in [2.05, 4.69) is 5.18 Å². The molecule has 0 N–H and O–H groups in total. The average Bonchev–Trinajstić information content (AvgIpc) is 2.30. The molecule has 0 amide bonds. The fraction of sp³-hybridized carbons (Fsp3) is 0.455. The van der Waals surface area contributed by atoms with E-state index in [9.17, 15) is 15.0 Å². The van der Waals surface area contributed by atoms with Crippen molar-refractivity contribution in [2.75, 3.05) is 18.0 Å². The van der Waals surface area contributed by atoms with E-state index in [0.717, 1.165) is 0 Å². The van der Waals surface area contributed by atoms with Gasteiger partial charge in [-0.25, -0.2) is 0 Å². The Kier molecular flexibility index (Phi) is 4.14. The highest BCUT2D eigenvalue weighted by molar-refractivity contribution is 5.72. The summed E-state index contributed by atoms with van der Waals surface area (Å²) in [5, 5.41) is 13.9. The van der Waals surface area contributed by atoms with E-state index in [1.54, 1.807) is 13.0 Å². The second-order valence-corrected chi connectivity index (χ2v) is 3.60. The van der Waals surface area contributed by atoms with Crippen LogP contribution in [0.5, 0.6) is 0 Å². The highest BCUT2D eigenvalue weighted by Gasteiger charge is 2.23. The molecule has 92 valence electrons. The number of benzene rings is 1. The Morgan fingerprint density at radius 3 is 2.35 bits per heavy atom. The van der Waals surface area contributed by atoms with Gasteiger partial charge >= 0.3 is 0 Å². The average molecular weight is 237 g/mol. The first-order valence-corrected chi connectivity index (χ1v) is 5.43. The normalized spacial score (nSPS) is 10.1. The Morgan fingerprint density at radius 1 is 1.35 bits per heavy atom. The molecule has 0 aromatic heterocycles. The zero-order valence-corrected chi connectivity index (χ0v) is 10.1. The van der Waals surface area contributed by atoms with Crippen LogP contribution in [0.25, 0.3) is 0 Å². The first-order chi connectivity index (χ1) is 8.06. The van der Waals surface area contributed by atoms with Gasteiger partial charge in [0.2, 0.25) is 0 Å². The molecule has 17 heavy (non-hydrogen) atoms. The molecule has 0 bridgehead atoms. The Labute approximate surface area is 99.4 Å². The molecule has 1 aromatic rings. The van der Waals surface area contributed by atoms with Crippen LogP contribution in [0.4, 0.5) is 17.1 Å². The summed E-state index contributed by atoms with van der Waals surface area (Å²) >= 11 is 0. The molecule has 0 heterocycles. The zero-order chi connectivity index (χ0) is 13.0. The molecular formula is C11H15N3O3. The van der Waals surface area contributed by atoms with E-state index in [-0.39, 0.29) is 11.4 Å². The molecule has 0 fully saturated rings. The molecule has 0 aliphatic carbocycles. The number of nitro groups is 1. The third-order valence-electron chi connectivity index (χ3n) is 2.77. The van der Waals surface area contributed by atoms with Crippen LogP contribution >= 0.6 is 0 Å². The summed E-state index contributed by atoms with van der Waals surface area (Å²) in [6, 6.07) is 3.10. The molecule has 0 saturated heterocycles. The minimum Gasteiger partial charge on any atom is -0.367 e. The third-order valence-corrected chi connectivity index (χ3v) is 2.77. The SMILES string of the molecule is CCN(CC)c1ccc(N=O)c(C)c1[N+](=O)[O-]. The van der Waals surface area contributed by atoms with Crippen molar-refractivity contribution in [2.24, 2.45) is 5.18 Å². The lowest BCUT2D eigenvalue weighted by Crippen LogP contribution is -2.23. The van der Waals surface area contributed by atoms with Gasteiger partial charge in [-0.2, -0.15) is 0 Å². The smallest absolute Gasteiger partial charge is 0.297 e. The maximum Gasteiger partial charge on any atom is 0.297 e. The Balaban J connectivity index is 3.45. The molecule has 6 nitrogen and oxygen atoms in total. The van der Waals surface area contributed by atoms with Crippen molar-refractivity contribution in [1.29, 1.82) is 0 Å². The first-order valence-electron chi connectivity index (χ1n) is 5.43. The highest BCUT2D eigenvalue weighted by Crippen LogP contribution is 2.36. The van der Waals surface area contributed by atoms with Crippen LogP contribution in [0.2, 0.25) is 0 Å². The van der Waals surface area contributed by atoms with Crippen molar-refractivity contribution in [3.8, 4) is 0 Å². The van der Waals surface area contributed by atoms with Crippen LogP contribution in [0, 0.1) is 21.9 Å². The number of hydrogen-bond donors (Lipinski definition) is 0. The lowest BCUT2D eigenvalue weighted by Gasteiger charge is -2.21. The zero-order valence-electron chi connectivity index (χ0n) is 10.1. The van der Waals surface area contributed by atoms with E-state index < -0.39 is 4.92 Å². The number of rotatable bonds is 5. The van der Waals surface area contributed by atoms with Crippen LogP contribution in [0.3, 0.4) is 0 Å². The Morgan fingerprint density at radius 2 is 1.94 bits per heavy atom.